The molecule has 0 spiro atoms. The Balaban J connectivity index is 2.13. The first-order chi connectivity index (χ1) is 7.61. The molecule has 1 fully saturated rings. The minimum absolute atomic E-state index is 0.276. The smallest absolute Gasteiger partial charge is 0.155 e. The zero-order valence-corrected chi connectivity index (χ0v) is 10.2. The maximum Gasteiger partial charge on any atom is 0.155 e. The Morgan fingerprint density at radius 2 is 2.19 bits per heavy atom. The van der Waals surface area contributed by atoms with Gasteiger partial charge in [-0.1, -0.05) is 6.42 Å². The summed E-state index contributed by atoms with van der Waals surface area (Å²) in [5.74, 6) is 0.959. The molecule has 0 aromatic heterocycles. The Morgan fingerprint density at radius 3 is 2.81 bits per heavy atom. The second-order valence-corrected chi connectivity index (χ2v) is 6.86. The molecule has 0 aromatic carbocycles. The quantitative estimate of drug-likeness (QED) is 0.787. The fraction of sp³-hybridized carbons (Fsp3) is 0.818. The molecule has 92 valence electrons. The van der Waals surface area contributed by atoms with Gasteiger partial charge in [0.25, 0.3) is 0 Å². The number of nitrogens with two attached hydrogens (primary N) is 1. The third-order valence-electron chi connectivity index (χ3n) is 3.32. The van der Waals surface area contributed by atoms with Crippen molar-refractivity contribution in [1.82, 2.24) is 0 Å². The van der Waals surface area contributed by atoms with Gasteiger partial charge in [-0.25, -0.2) is 8.42 Å². The van der Waals surface area contributed by atoms with E-state index < -0.39 is 21.1 Å². The lowest BCUT2D eigenvalue weighted by Crippen LogP contribution is -2.45. The Labute approximate surface area is 96.8 Å². The Bertz CT molecular complexity index is 375. The van der Waals surface area contributed by atoms with Crippen LogP contribution >= 0.6 is 0 Å². The van der Waals surface area contributed by atoms with Crippen LogP contribution in [0.25, 0.3) is 0 Å². The monoisotopic (exact) mass is 245 g/mol. The van der Waals surface area contributed by atoms with E-state index in [1.165, 1.54) is 0 Å². The predicted octanol–water partition coefficient (Wildman–Crippen LogP) is 0.975. The molecule has 4 nitrogen and oxygen atoms in total. The van der Waals surface area contributed by atoms with Gasteiger partial charge in [-0.05, 0) is 31.8 Å². The van der Waals surface area contributed by atoms with Crippen molar-refractivity contribution >= 4 is 9.84 Å². The Morgan fingerprint density at radius 1 is 1.38 bits per heavy atom. The van der Waals surface area contributed by atoms with Crippen molar-refractivity contribution in [3.8, 4) is 0 Å². The SMILES string of the molecule is NC(C1=CCCCO1)C1CCCCS1(=O)=O. The molecule has 2 N–H and O–H groups in total. The molecule has 2 atom stereocenters. The van der Waals surface area contributed by atoms with Gasteiger partial charge in [0, 0.05) is 0 Å². The summed E-state index contributed by atoms with van der Waals surface area (Å²) in [6, 6.07) is -0.467. The van der Waals surface area contributed by atoms with Crippen molar-refractivity contribution in [3.05, 3.63) is 11.8 Å². The summed E-state index contributed by atoms with van der Waals surface area (Å²) in [5.41, 5.74) is 6.03. The maximum absolute atomic E-state index is 11.9. The fourth-order valence-corrected chi connectivity index (χ4v) is 4.39. The number of hydrogen-bond donors (Lipinski definition) is 1. The highest BCUT2D eigenvalue weighted by molar-refractivity contribution is 7.92. The molecule has 0 aliphatic carbocycles. The van der Waals surface area contributed by atoms with Crippen LogP contribution in [0.3, 0.4) is 0 Å². The van der Waals surface area contributed by atoms with Gasteiger partial charge in [-0.3, -0.25) is 0 Å². The lowest BCUT2D eigenvalue weighted by Gasteiger charge is -2.30. The van der Waals surface area contributed by atoms with Crippen LogP contribution < -0.4 is 5.73 Å². The van der Waals surface area contributed by atoms with E-state index >= 15 is 0 Å². The lowest BCUT2D eigenvalue weighted by molar-refractivity contribution is 0.173. The van der Waals surface area contributed by atoms with Gasteiger partial charge in [-0.2, -0.15) is 0 Å². The topological polar surface area (TPSA) is 69.4 Å². The molecule has 2 heterocycles. The summed E-state index contributed by atoms with van der Waals surface area (Å²) in [5, 5.41) is -0.439. The van der Waals surface area contributed by atoms with E-state index in [1.807, 2.05) is 6.08 Å². The molecule has 16 heavy (non-hydrogen) atoms. The van der Waals surface area contributed by atoms with Crippen LogP contribution in [0, 0.1) is 0 Å². The van der Waals surface area contributed by atoms with E-state index in [-0.39, 0.29) is 5.75 Å². The molecule has 5 heteroatoms. The summed E-state index contributed by atoms with van der Waals surface area (Å²) in [4.78, 5) is 0. The average Bonchev–Trinajstić information content (AvgIpc) is 2.29. The zero-order chi connectivity index (χ0) is 11.6. The van der Waals surface area contributed by atoms with Crippen molar-refractivity contribution < 1.29 is 13.2 Å². The third kappa shape index (κ3) is 2.40. The van der Waals surface area contributed by atoms with Crippen LogP contribution in [0.1, 0.15) is 32.1 Å². The van der Waals surface area contributed by atoms with Gasteiger partial charge in [0.2, 0.25) is 0 Å². The minimum Gasteiger partial charge on any atom is -0.497 e. The van der Waals surface area contributed by atoms with Crippen LogP contribution in [0.5, 0.6) is 0 Å². The third-order valence-corrected chi connectivity index (χ3v) is 5.63. The van der Waals surface area contributed by atoms with Crippen LogP contribution in [0.4, 0.5) is 0 Å². The second kappa shape index (κ2) is 4.75. The lowest BCUT2D eigenvalue weighted by atomic mass is 10.0. The van der Waals surface area contributed by atoms with Gasteiger partial charge < -0.3 is 10.5 Å². The van der Waals surface area contributed by atoms with Crippen molar-refractivity contribution in [2.75, 3.05) is 12.4 Å². The van der Waals surface area contributed by atoms with Crippen LogP contribution in [-0.2, 0) is 14.6 Å². The number of allylic oxidation sites excluding steroid dienone is 1. The molecular formula is C11H19NO3S. The van der Waals surface area contributed by atoms with E-state index in [9.17, 15) is 8.42 Å². The molecule has 0 radical (unpaired) electrons. The van der Waals surface area contributed by atoms with Gasteiger partial charge in [0.1, 0.15) is 5.76 Å². The number of rotatable bonds is 2. The highest BCUT2D eigenvalue weighted by atomic mass is 32.2. The van der Waals surface area contributed by atoms with Gasteiger partial charge >= 0.3 is 0 Å². The first-order valence-electron chi connectivity index (χ1n) is 5.91. The van der Waals surface area contributed by atoms with E-state index in [0.717, 1.165) is 25.7 Å². The van der Waals surface area contributed by atoms with E-state index in [1.54, 1.807) is 0 Å². The van der Waals surface area contributed by atoms with Crippen LogP contribution in [-0.4, -0.2) is 32.1 Å². The van der Waals surface area contributed by atoms with Gasteiger partial charge in [0.15, 0.2) is 9.84 Å². The summed E-state index contributed by atoms with van der Waals surface area (Å²) in [6.45, 7) is 0.659. The predicted molar refractivity (Wildman–Crippen MR) is 62.7 cm³/mol. The van der Waals surface area contributed by atoms with Gasteiger partial charge in [0.05, 0.1) is 23.7 Å². The normalized spacial score (nSPS) is 31.3. The Kier molecular flexibility index (Phi) is 3.54. The maximum atomic E-state index is 11.9. The summed E-state index contributed by atoms with van der Waals surface area (Å²) >= 11 is 0. The van der Waals surface area contributed by atoms with Gasteiger partial charge in [-0.15, -0.1) is 0 Å². The van der Waals surface area contributed by atoms with E-state index in [4.69, 9.17) is 10.5 Å². The van der Waals surface area contributed by atoms with Crippen LogP contribution in [0.15, 0.2) is 11.8 Å². The number of sulfone groups is 1. The molecule has 0 saturated carbocycles. The number of ether oxygens (including phenoxy) is 1. The molecule has 0 bridgehead atoms. The first kappa shape index (κ1) is 11.9. The van der Waals surface area contributed by atoms with E-state index in [2.05, 4.69) is 0 Å². The Hall–Kier alpha value is -0.550. The highest BCUT2D eigenvalue weighted by Gasteiger charge is 2.36. The van der Waals surface area contributed by atoms with Crippen LogP contribution in [0.2, 0.25) is 0 Å². The molecule has 2 unspecified atom stereocenters. The standard InChI is InChI=1S/C11H19NO3S/c12-11(9-5-1-3-7-15-9)10-6-2-4-8-16(10,13)14/h5,10-11H,1-4,6-8,12H2. The summed E-state index contributed by atoms with van der Waals surface area (Å²) in [6.07, 6.45) is 6.27. The summed E-state index contributed by atoms with van der Waals surface area (Å²) in [7, 11) is -3.02. The van der Waals surface area contributed by atoms with Crippen molar-refractivity contribution in [3.63, 3.8) is 0 Å². The van der Waals surface area contributed by atoms with Crippen molar-refractivity contribution in [2.24, 2.45) is 5.73 Å². The van der Waals surface area contributed by atoms with Crippen molar-refractivity contribution in [2.45, 2.75) is 43.4 Å². The highest BCUT2D eigenvalue weighted by Crippen LogP contribution is 2.26. The molecule has 2 rings (SSSR count). The largest absolute Gasteiger partial charge is 0.497 e. The molecule has 2 aliphatic rings. The molecule has 0 amide bonds. The first-order valence-corrected chi connectivity index (χ1v) is 7.63. The fourth-order valence-electron chi connectivity index (χ4n) is 2.37. The molecule has 0 aromatic rings. The van der Waals surface area contributed by atoms with Crippen molar-refractivity contribution in [1.29, 1.82) is 0 Å². The molecule has 2 aliphatic heterocycles. The molecule has 1 saturated heterocycles. The second-order valence-electron chi connectivity index (χ2n) is 4.52. The molecular weight excluding hydrogens is 226 g/mol. The van der Waals surface area contributed by atoms with E-state index in [0.29, 0.717) is 18.8 Å². The number of hydrogen-bond acceptors (Lipinski definition) is 4. The average molecular weight is 245 g/mol. The minimum atomic E-state index is -3.02. The summed E-state index contributed by atoms with van der Waals surface area (Å²) < 4.78 is 29.3. The zero-order valence-electron chi connectivity index (χ0n) is 9.39.